The Hall–Kier alpha value is -2.06. The van der Waals surface area contributed by atoms with Gasteiger partial charge < -0.3 is 4.74 Å². The molecule has 0 saturated carbocycles. The normalized spacial score (nSPS) is 11.4. The molecular weight excluding hydrogens is 372 g/mol. The molecule has 0 fully saturated rings. The van der Waals surface area contributed by atoms with Crippen LogP contribution in [-0.4, -0.2) is 32.2 Å². The third kappa shape index (κ3) is 5.47. The van der Waals surface area contributed by atoms with Crippen LogP contribution in [0.15, 0.2) is 52.5 Å². The number of nitrogens with one attached hydrogen (secondary N) is 1. The van der Waals surface area contributed by atoms with Crippen LogP contribution in [0.4, 0.5) is 5.69 Å². The molecule has 0 saturated heterocycles. The average molecular weight is 395 g/mol. The maximum absolute atomic E-state index is 12.7. The molecule has 0 spiro atoms. The van der Waals surface area contributed by atoms with Gasteiger partial charge in [0, 0.05) is 11.9 Å². The van der Waals surface area contributed by atoms with Crippen LogP contribution in [-0.2, 0) is 19.6 Å². The van der Waals surface area contributed by atoms with Crippen molar-refractivity contribution in [3.63, 3.8) is 0 Å². The third-order valence-electron chi connectivity index (χ3n) is 3.62. The van der Waals surface area contributed by atoms with E-state index in [1.54, 1.807) is 36.5 Å². The van der Waals surface area contributed by atoms with Crippen LogP contribution >= 0.6 is 11.8 Å². The Morgan fingerprint density at radius 2 is 2.04 bits per heavy atom. The number of aromatic nitrogens is 1. The minimum atomic E-state index is -3.73. The summed E-state index contributed by atoms with van der Waals surface area (Å²) in [7, 11) is -2.40. The maximum Gasteiger partial charge on any atom is 0.306 e. The topological polar surface area (TPSA) is 85.4 Å². The molecule has 2 rings (SSSR count). The van der Waals surface area contributed by atoms with Crippen LogP contribution in [0.25, 0.3) is 0 Å². The SMILES string of the molecule is COC(=O)CCSc1ncccc1NS(=O)(=O)c1cccc(C(C)C)c1. The molecule has 0 unspecified atom stereocenters. The molecule has 0 aliphatic carbocycles. The molecule has 0 radical (unpaired) electrons. The number of methoxy groups -OCH3 is 1. The highest BCUT2D eigenvalue weighted by molar-refractivity contribution is 7.99. The lowest BCUT2D eigenvalue weighted by molar-refractivity contribution is -0.140. The maximum atomic E-state index is 12.7. The lowest BCUT2D eigenvalue weighted by Crippen LogP contribution is -2.14. The van der Waals surface area contributed by atoms with Crippen molar-refractivity contribution in [2.75, 3.05) is 17.6 Å². The zero-order valence-electron chi connectivity index (χ0n) is 14.9. The Kier molecular flexibility index (Phi) is 7.05. The summed E-state index contributed by atoms with van der Waals surface area (Å²) < 4.78 is 32.7. The molecule has 2 aromatic rings. The second-order valence-corrected chi connectivity index (χ2v) is 8.63. The predicted octanol–water partition coefficient (Wildman–Crippen LogP) is 3.66. The number of rotatable bonds is 8. The standard InChI is InChI=1S/C18H22N2O4S2/c1-13(2)14-6-4-7-15(12-14)26(22,23)20-16-8-5-10-19-18(16)25-11-9-17(21)24-3/h4-8,10,12-13,20H,9,11H2,1-3H3. The molecule has 1 N–H and O–H groups in total. The smallest absolute Gasteiger partial charge is 0.306 e. The van der Waals surface area contributed by atoms with E-state index in [1.165, 1.54) is 18.9 Å². The molecule has 0 amide bonds. The highest BCUT2D eigenvalue weighted by Crippen LogP contribution is 2.28. The van der Waals surface area contributed by atoms with Gasteiger partial charge in [0.05, 0.1) is 24.1 Å². The number of hydrogen-bond acceptors (Lipinski definition) is 6. The molecule has 0 atom stereocenters. The number of thioether (sulfide) groups is 1. The van der Waals surface area contributed by atoms with Gasteiger partial charge in [-0.25, -0.2) is 13.4 Å². The molecule has 8 heteroatoms. The van der Waals surface area contributed by atoms with Gasteiger partial charge >= 0.3 is 5.97 Å². The summed E-state index contributed by atoms with van der Waals surface area (Å²) in [6.07, 6.45) is 1.80. The number of esters is 1. The van der Waals surface area contributed by atoms with Gasteiger partial charge in [0.2, 0.25) is 0 Å². The van der Waals surface area contributed by atoms with E-state index >= 15 is 0 Å². The molecule has 1 aromatic heterocycles. The highest BCUT2D eigenvalue weighted by atomic mass is 32.2. The average Bonchev–Trinajstić information content (AvgIpc) is 2.62. The largest absolute Gasteiger partial charge is 0.469 e. The fourth-order valence-electron chi connectivity index (χ4n) is 2.16. The van der Waals surface area contributed by atoms with Crippen LogP contribution < -0.4 is 4.72 Å². The second kappa shape index (κ2) is 9.05. The Bertz CT molecular complexity index is 867. The van der Waals surface area contributed by atoms with E-state index in [0.29, 0.717) is 16.5 Å². The third-order valence-corrected chi connectivity index (χ3v) is 5.99. The van der Waals surface area contributed by atoms with Crippen molar-refractivity contribution < 1.29 is 17.9 Å². The molecule has 0 aliphatic heterocycles. The number of pyridine rings is 1. The van der Waals surface area contributed by atoms with E-state index in [2.05, 4.69) is 14.4 Å². The summed E-state index contributed by atoms with van der Waals surface area (Å²) in [5, 5.41) is 0.514. The van der Waals surface area contributed by atoms with E-state index in [0.717, 1.165) is 5.56 Å². The molecular formula is C18H22N2O4S2. The molecule has 0 aliphatic rings. The van der Waals surface area contributed by atoms with Crippen molar-refractivity contribution in [1.82, 2.24) is 4.98 Å². The fourth-order valence-corrected chi connectivity index (χ4v) is 4.22. The van der Waals surface area contributed by atoms with Crippen LogP contribution in [0.2, 0.25) is 0 Å². The molecule has 1 heterocycles. The van der Waals surface area contributed by atoms with E-state index in [4.69, 9.17) is 0 Å². The van der Waals surface area contributed by atoms with Crippen molar-refractivity contribution in [2.45, 2.75) is 36.1 Å². The van der Waals surface area contributed by atoms with Gasteiger partial charge in [-0.2, -0.15) is 0 Å². The number of ether oxygens (including phenoxy) is 1. The number of benzene rings is 1. The van der Waals surface area contributed by atoms with Gasteiger partial charge in [-0.3, -0.25) is 9.52 Å². The van der Waals surface area contributed by atoms with Crippen LogP contribution in [0.1, 0.15) is 31.7 Å². The van der Waals surface area contributed by atoms with E-state index in [1.807, 2.05) is 19.9 Å². The molecule has 26 heavy (non-hydrogen) atoms. The zero-order chi connectivity index (χ0) is 19.2. The Balaban J connectivity index is 2.19. The van der Waals surface area contributed by atoms with Gasteiger partial charge in [0.15, 0.2) is 0 Å². The van der Waals surface area contributed by atoms with E-state index < -0.39 is 10.0 Å². The molecule has 1 aromatic carbocycles. The number of hydrogen-bond donors (Lipinski definition) is 1. The van der Waals surface area contributed by atoms with Crippen molar-refractivity contribution in [2.24, 2.45) is 0 Å². The summed E-state index contributed by atoms with van der Waals surface area (Å²) in [6, 6.07) is 10.2. The highest BCUT2D eigenvalue weighted by Gasteiger charge is 2.18. The first kappa shape index (κ1) is 20.3. The lowest BCUT2D eigenvalue weighted by atomic mass is 10.0. The van der Waals surface area contributed by atoms with Crippen molar-refractivity contribution in [3.8, 4) is 0 Å². The summed E-state index contributed by atoms with van der Waals surface area (Å²) >= 11 is 1.30. The summed E-state index contributed by atoms with van der Waals surface area (Å²) in [5.74, 6) is 0.357. The van der Waals surface area contributed by atoms with Crippen LogP contribution in [0.3, 0.4) is 0 Å². The molecule has 6 nitrogen and oxygen atoms in total. The number of nitrogens with zero attached hydrogens (tertiary/aromatic N) is 1. The predicted molar refractivity (Wildman–Crippen MR) is 103 cm³/mol. The van der Waals surface area contributed by atoms with Crippen molar-refractivity contribution in [1.29, 1.82) is 0 Å². The Labute approximate surface area is 158 Å². The second-order valence-electron chi connectivity index (χ2n) is 5.86. The number of anilines is 1. The van der Waals surface area contributed by atoms with Gasteiger partial charge in [-0.15, -0.1) is 11.8 Å². The van der Waals surface area contributed by atoms with Gasteiger partial charge in [0.1, 0.15) is 5.03 Å². The molecule has 0 bridgehead atoms. The minimum absolute atomic E-state index is 0.207. The van der Waals surface area contributed by atoms with Crippen molar-refractivity contribution in [3.05, 3.63) is 48.2 Å². The Morgan fingerprint density at radius 3 is 2.73 bits per heavy atom. The lowest BCUT2D eigenvalue weighted by Gasteiger charge is -2.13. The summed E-state index contributed by atoms with van der Waals surface area (Å²) in [5.41, 5.74) is 1.34. The van der Waals surface area contributed by atoms with E-state index in [9.17, 15) is 13.2 Å². The summed E-state index contributed by atoms with van der Waals surface area (Å²) in [4.78, 5) is 15.6. The van der Waals surface area contributed by atoms with E-state index in [-0.39, 0.29) is 23.2 Å². The number of carbonyl (C=O) groups is 1. The van der Waals surface area contributed by atoms with Crippen LogP contribution in [0.5, 0.6) is 0 Å². The number of sulfonamides is 1. The minimum Gasteiger partial charge on any atom is -0.469 e. The van der Waals surface area contributed by atoms with Crippen molar-refractivity contribution >= 4 is 33.4 Å². The quantitative estimate of drug-likeness (QED) is 0.543. The number of carbonyl (C=O) groups excluding carboxylic acids is 1. The first-order valence-corrected chi connectivity index (χ1v) is 10.6. The fraction of sp³-hybridized carbons (Fsp3) is 0.333. The van der Waals surface area contributed by atoms with Gasteiger partial charge in [-0.05, 0) is 35.7 Å². The van der Waals surface area contributed by atoms with Gasteiger partial charge in [0.25, 0.3) is 10.0 Å². The first-order valence-electron chi connectivity index (χ1n) is 8.11. The van der Waals surface area contributed by atoms with Gasteiger partial charge in [-0.1, -0.05) is 26.0 Å². The van der Waals surface area contributed by atoms with Crippen LogP contribution in [0, 0.1) is 0 Å². The summed E-state index contributed by atoms with van der Waals surface area (Å²) in [6.45, 7) is 4.02. The zero-order valence-corrected chi connectivity index (χ0v) is 16.6. The molecule has 140 valence electrons. The monoisotopic (exact) mass is 394 g/mol. The first-order chi connectivity index (χ1) is 12.3. The Morgan fingerprint density at radius 1 is 1.27 bits per heavy atom.